The lowest BCUT2D eigenvalue weighted by Crippen LogP contribution is -2.22. The van der Waals surface area contributed by atoms with Crippen LogP contribution in [0.4, 0.5) is 10.1 Å². The van der Waals surface area contributed by atoms with E-state index < -0.39 is 24.3 Å². The molecule has 0 aromatic heterocycles. The van der Waals surface area contributed by atoms with Crippen LogP contribution in [0, 0.1) is 5.82 Å². The second-order valence-corrected chi connectivity index (χ2v) is 8.91. The number of carbonyl (C=O) groups is 2. The minimum atomic E-state index is -0.613. The van der Waals surface area contributed by atoms with E-state index in [2.05, 4.69) is 26.2 Å². The molecule has 0 saturated carbocycles. The van der Waals surface area contributed by atoms with Crippen LogP contribution in [0.5, 0.6) is 0 Å². The molecule has 28 heavy (non-hydrogen) atoms. The predicted octanol–water partition coefficient (Wildman–Crippen LogP) is 4.72. The number of hydrogen-bond donors (Lipinski definition) is 1. The molecule has 1 aliphatic rings. The van der Waals surface area contributed by atoms with E-state index in [1.165, 1.54) is 12.1 Å². The average Bonchev–Trinajstić information content (AvgIpc) is 3.20. The highest BCUT2D eigenvalue weighted by Crippen LogP contribution is 2.26. The zero-order valence-electron chi connectivity index (χ0n) is 14.6. The maximum atomic E-state index is 13.8. The molecule has 0 atom stereocenters. The summed E-state index contributed by atoms with van der Waals surface area (Å²) in [6.45, 7) is 0.323. The Labute approximate surface area is 178 Å². The Bertz CT molecular complexity index is 924. The number of esters is 1. The number of anilines is 1. The van der Waals surface area contributed by atoms with Gasteiger partial charge in [0.15, 0.2) is 6.61 Å². The second-order valence-electron chi connectivity index (χ2n) is 5.69. The van der Waals surface area contributed by atoms with Crippen LogP contribution in [0.15, 0.2) is 51.9 Å². The summed E-state index contributed by atoms with van der Waals surface area (Å²) < 4.78 is 20.5. The Kier molecular flexibility index (Phi) is 7.52. The third kappa shape index (κ3) is 5.83. The van der Waals surface area contributed by atoms with Gasteiger partial charge in [-0.15, -0.1) is 0 Å². The van der Waals surface area contributed by atoms with Crippen LogP contribution in [0.1, 0.15) is 15.9 Å². The summed E-state index contributed by atoms with van der Waals surface area (Å²) in [7, 11) is 0. The summed E-state index contributed by atoms with van der Waals surface area (Å²) >= 11 is 6.43. The number of halogens is 2. The molecule has 0 fully saturated rings. The highest BCUT2D eigenvalue weighted by molar-refractivity contribution is 9.10. The average molecular weight is 483 g/mol. The fraction of sp³-hybridized carbons (Fsp3) is 0.211. The molecule has 9 heteroatoms. The number of aliphatic imine (C=N–C) groups is 1. The van der Waals surface area contributed by atoms with Gasteiger partial charge in [-0.25, -0.2) is 9.18 Å². The van der Waals surface area contributed by atoms with Gasteiger partial charge < -0.3 is 10.1 Å². The molecule has 0 saturated heterocycles. The van der Waals surface area contributed by atoms with E-state index in [4.69, 9.17) is 4.74 Å². The molecule has 0 aliphatic carbocycles. The maximum Gasteiger partial charge on any atom is 0.338 e. The first-order chi connectivity index (χ1) is 13.5. The van der Waals surface area contributed by atoms with Gasteiger partial charge in [-0.1, -0.05) is 57.7 Å². The molecule has 1 heterocycles. The van der Waals surface area contributed by atoms with Crippen LogP contribution in [0.25, 0.3) is 0 Å². The topological polar surface area (TPSA) is 67.8 Å². The molecule has 3 rings (SSSR count). The van der Waals surface area contributed by atoms with Crippen molar-refractivity contribution in [2.24, 2.45) is 4.99 Å². The largest absolute Gasteiger partial charge is 0.452 e. The molecule has 1 N–H and O–H groups in total. The Hall–Kier alpha value is -1.84. The van der Waals surface area contributed by atoms with Gasteiger partial charge in [-0.2, -0.15) is 0 Å². The smallest absolute Gasteiger partial charge is 0.338 e. The standard InChI is InChI=1S/C19H16BrFN2O3S2/c20-13-5-6-16(15(21)9-13)23-17(24)10-26-18(25)14-4-2-1-3-12(14)11-28-19-22-7-8-27-19/h1-6,9H,7-8,10-11H2,(H,23,24). The summed E-state index contributed by atoms with van der Waals surface area (Å²) in [5, 5.41) is 2.39. The SMILES string of the molecule is O=C(COC(=O)c1ccccc1CSC1=NCCS1)Nc1ccc(Br)cc1F. The monoisotopic (exact) mass is 482 g/mol. The number of amides is 1. The number of hydrogen-bond acceptors (Lipinski definition) is 6. The number of benzene rings is 2. The van der Waals surface area contributed by atoms with Gasteiger partial charge in [0.25, 0.3) is 5.91 Å². The molecular formula is C19H16BrFN2O3S2. The van der Waals surface area contributed by atoms with Crippen molar-refractivity contribution in [3.63, 3.8) is 0 Å². The summed E-state index contributed by atoms with van der Waals surface area (Å²) in [5.74, 6) is -0.209. The molecule has 0 spiro atoms. The first kappa shape index (κ1) is 20.9. The molecule has 1 aliphatic heterocycles. The van der Waals surface area contributed by atoms with Crippen LogP contribution in [0.2, 0.25) is 0 Å². The Morgan fingerprint density at radius 3 is 2.86 bits per heavy atom. The molecule has 2 aromatic carbocycles. The van der Waals surface area contributed by atoms with E-state index >= 15 is 0 Å². The number of ether oxygens (including phenoxy) is 1. The van der Waals surface area contributed by atoms with Crippen molar-refractivity contribution in [3.05, 3.63) is 63.9 Å². The summed E-state index contributed by atoms with van der Waals surface area (Å²) in [4.78, 5) is 28.8. The second kappa shape index (κ2) is 10.1. The van der Waals surface area contributed by atoms with Crippen molar-refractivity contribution < 1.29 is 18.7 Å². The molecule has 0 radical (unpaired) electrons. The van der Waals surface area contributed by atoms with Gasteiger partial charge in [-0.05, 0) is 29.8 Å². The predicted molar refractivity (Wildman–Crippen MR) is 116 cm³/mol. The quantitative estimate of drug-likeness (QED) is 0.603. The number of nitrogens with zero attached hydrogens (tertiary/aromatic N) is 1. The first-order valence-electron chi connectivity index (χ1n) is 8.33. The van der Waals surface area contributed by atoms with Crippen LogP contribution >= 0.6 is 39.5 Å². The third-order valence-corrected chi connectivity index (χ3v) is 6.48. The lowest BCUT2D eigenvalue weighted by atomic mass is 10.1. The third-order valence-electron chi connectivity index (χ3n) is 3.69. The number of rotatable bonds is 6. The van der Waals surface area contributed by atoms with E-state index in [9.17, 15) is 14.0 Å². The van der Waals surface area contributed by atoms with E-state index in [1.807, 2.05) is 12.1 Å². The van der Waals surface area contributed by atoms with Gasteiger partial charge in [-0.3, -0.25) is 9.79 Å². The summed E-state index contributed by atoms with van der Waals surface area (Å²) in [5.41, 5.74) is 1.24. The van der Waals surface area contributed by atoms with Gasteiger partial charge in [0.2, 0.25) is 0 Å². The maximum absolute atomic E-state index is 13.8. The van der Waals surface area contributed by atoms with Gasteiger partial charge in [0, 0.05) is 16.0 Å². The number of thioether (sulfide) groups is 2. The molecule has 2 aromatic rings. The fourth-order valence-electron chi connectivity index (χ4n) is 2.37. The fourth-order valence-corrected chi connectivity index (χ4v) is 4.72. The van der Waals surface area contributed by atoms with Crippen molar-refractivity contribution in [1.82, 2.24) is 0 Å². The van der Waals surface area contributed by atoms with Crippen molar-refractivity contribution in [1.29, 1.82) is 0 Å². The Morgan fingerprint density at radius 1 is 1.29 bits per heavy atom. The summed E-state index contributed by atoms with van der Waals surface area (Å²) in [6, 6.07) is 11.4. The minimum absolute atomic E-state index is 0.0240. The van der Waals surface area contributed by atoms with Crippen LogP contribution in [-0.4, -0.2) is 35.2 Å². The molecule has 146 valence electrons. The van der Waals surface area contributed by atoms with Gasteiger partial charge in [0.05, 0.1) is 17.8 Å². The highest BCUT2D eigenvalue weighted by atomic mass is 79.9. The zero-order valence-corrected chi connectivity index (χ0v) is 17.8. The first-order valence-corrected chi connectivity index (χ1v) is 11.1. The normalized spacial score (nSPS) is 13.1. The van der Waals surface area contributed by atoms with E-state index in [1.54, 1.807) is 41.7 Å². The van der Waals surface area contributed by atoms with E-state index in [-0.39, 0.29) is 5.69 Å². The van der Waals surface area contributed by atoms with Gasteiger partial charge >= 0.3 is 5.97 Å². The van der Waals surface area contributed by atoms with Crippen molar-refractivity contribution in [2.75, 3.05) is 24.2 Å². The molecule has 0 bridgehead atoms. The highest BCUT2D eigenvalue weighted by Gasteiger charge is 2.16. The van der Waals surface area contributed by atoms with E-state index in [0.29, 0.717) is 15.8 Å². The Morgan fingerprint density at radius 2 is 2.11 bits per heavy atom. The lowest BCUT2D eigenvalue weighted by Gasteiger charge is -2.10. The molecule has 5 nitrogen and oxygen atoms in total. The van der Waals surface area contributed by atoms with E-state index in [0.717, 1.165) is 22.2 Å². The van der Waals surface area contributed by atoms with Crippen molar-refractivity contribution >= 4 is 61.4 Å². The lowest BCUT2D eigenvalue weighted by molar-refractivity contribution is -0.119. The van der Waals surface area contributed by atoms with Crippen molar-refractivity contribution in [3.8, 4) is 0 Å². The van der Waals surface area contributed by atoms with Gasteiger partial charge in [0.1, 0.15) is 10.2 Å². The number of carbonyl (C=O) groups excluding carboxylic acids is 2. The van der Waals surface area contributed by atoms with Crippen LogP contribution in [-0.2, 0) is 15.3 Å². The van der Waals surface area contributed by atoms with Crippen LogP contribution < -0.4 is 5.32 Å². The minimum Gasteiger partial charge on any atom is -0.452 e. The molecule has 0 unspecified atom stereocenters. The Balaban J connectivity index is 1.56. The summed E-state index contributed by atoms with van der Waals surface area (Å²) in [6.07, 6.45) is 0. The number of nitrogens with one attached hydrogen (secondary N) is 1. The molecule has 1 amide bonds. The van der Waals surface area contributed by atoms with Crippen LogP contribution in [0.3, 0.4) is 0 Å². The zero-order chi connectivity index (χ0) is 19.9. The van der Waals surface area contributed by atoms with Crippen molar-refractivity contribution in [2.45, 2.75) is 5.75 Å². The molecular weight excluding hydrogens is 467 g/mol.